The van der Waals surface area contributed by atoms with Gasteiger partial charge in [0.1, 0.15) is 0 Å². The zero-order valence-corrected chi connectivity index (χ0v) is 11.2. The maximum absolute atomic E-state index is 12.3. The van der Waals surface area contributed by atoms with Gasteiger partial charge in [-0.1, -0.05) is 27.7 Å². The van der Waals surface area contributed by atoms with E-state index in [-0.39, 0.29) is 11.8 Å². The van der Waals surface area contributed by atoms with Crippen LogP contribution in [0.3, 0.4) is 0 Å². The van der Waals surface area contributed by atoms with Crippen LogP contribution < -0.4 is 0 Å². The number of aromatic nitrogens is 1. The fourth-order valence-corrected chi connectivity index (χ4v) is 1.82. The molecule has 0 saturated carbocycles. The maximum atomic E-state index is 12.3. The maximum Gasteiger partial charge on any atom is 0.291 e. The number of carbonyl (C=O) groups excluding carboxylic acids is 1. The van der Waals surface area contributed by atoms with Gasteiger partial charge in [-0.05, 0) is 18.8 Å². The van der Waals surface area contributed by atoms with Crippen molar-refractivity contribution in [2.24, 2.45) is 0 Å². The summed E-state index contributed by atoms with van der Waals surface area (Å²) in [5.74, 6) is 0.578. The van der Waals surface area contributed by atoms with Crippen molar-refractivity contribution in [3.8, 4) is 0 Å². The molecule has 0 N–H and O–H groups in total. The van der Waals surface area contributed by atoms with Crippen molar-refractivity contribution < 1.29 is 9.21 Å². The molecule has 0 aliphatic carbocycles. The SMILES string of the molecule is CCCN(CCC)C(=O)c1ocnc1C(C)C. The van der Waals surface area contributed by atoms with E-state index in [1.165, 1.54) is 6.39 Å². The molecule has 17 heavy (non-hydrogen) atoms. The number of amides is 1. The normalized spacial score (nSPS) is 10.9. The van der Waals surface area contributed by atoms with Gasteiger partial charge in [0.05, 0.1) is 5.69 Å². The molecule has 4 heteroatoms. The van der Waals surface area contributed by atoms with Gasteiger partial charge in [-0.2, -0.15) is 0 Å². The molecule has 0 bridgehead atoms. The van der Waals surface area contributed by atoms with Crippen LogP contribution in [0.2, 0.25) is 0 Å². The molecule has 0 fully saturated rings. The molecule has 0 aliphatic rings. The van der Waals surface area contributed by atoms with E-state index >= 15 is 0 Å². The molecule has 96 valence electrons. The van der Waals surface area contributed by atoms with Crippen LogP contribution in [-0.2, 0) is 0 Å². The highest BCUT2D eigenvalue weighted by molar-refractivity contribution is 5.92. The summed E-state index contributed by atoms with van der Waals surface area (Å²) in [5, 5.41) is 0. The second kappa shape index (κ2) is 6.42. The van der Waals surface area contributed by atoms with E-state index in [1.54, 1.807) is 0 Å². The summed E-state index contributed by atoms with van der Waals surface area (Å²) in [6.07, 6.45) is 3.27. The highest BCUT2D eigenvalue weighted by Crippen LogP contribution is 2.19. The van der Waals surface area contributed by atoms with Crippen LogP contribution in [0.15, 0.2) is 10.8 Å². The van der Waals surface area contributed by atoms with Gasteiger partial charge in [-0.25, -0.2) is 4.98 Å². The third kappa shape index (κ3) is 3.32. The van der Waals surface area contributed by atoms with Crippen LogP contribution >= 0.6 is 0 Å². The number of rotatable bonds is 6. The molecule has 1 aromatic rings. The van der Waals surface area contributed by atoms with Crippen molar-refractivity contribution in [2.45, 2.75) is 46.5 Å². The Morgan fingerprint density at radius 3 is 2.41 bits per heavy atom. The van der Waals surface area contributed by atoms with Crippen molar-refractivity contribution in [1.29, 1.82) is 0 Å². The fourth-order valence-electron chi connectivity index (χ4n) is 1.82. The first kappa shape index (κ1) is 13.7. The minimum atomic E-state index is -0.0325. The number of hydrogen-bond donors (Lipinski definition) is 0. The Bertz CT molecular complexity index is 352. The summed E-state index contributed by atoms with van der Waals surface area (Å²) in [5.41, 5.74) is 0.757. The third-order valence-electron chi connectivity index (χ3n) is 2.61. The molecule has 1 heterocycles. The van der Waals surface area contributed by atoms with E-state index in [2.05, 4.69) is 18.8 Å². The van der Waals surface area contributed by atoms with Crippen molar-refractivity contribution in [3.63, 3.8) is 0 Å². The zero-order chi connectivity index (χ0) is 12.8. The summed E-state index contributed by atoms with van der Waals surface area (Å²) < 4.78 is 5.26. The van der Waals surface area contributed by atoms with Crippen LogP contribution in [0.5, 0.6) is 0 Å². The minimum Gasteiger partial charge on any atom is -0.438 e. The van der Waals surface area contributed by atoms with Gasteiger partial charge in [0, 0.05) is 13.1 Å². The van der Waals surface area contributed by atoms with Gasteiger partial charge < -0.3 is 9.32 Å². The summed E-state index contributed by atoms with van der Waals surface area (Å²) in [6, 6.07) is 0. The second-order valence-electron chi connectivity index (χ2n) is 4.51. The van der Waals surface area contributed by atoms with Crippen LogP contribution in [0.1, 0.15) is 62.7 Å². The number of nitrogens with zero attached hydrogens (tertiary/aromatic N) is 2. The molecule has 0 aliphatic heterocycles. The molecular formula is C13H22N2O2. The molecule has 0 saturated heterocycles. The third-order valence-corrected chi connectivity index (χ3v) is 2.61. The lowest BCUT2D eigenvalue weighted by Gasteiger charge is -2.20. The van der Waals surface area contributed by atoms with E-state index in [0.717, 1.165) is 31.6 Å². The Kier molecular flexibility index (Phi) is 5.19. The van der Waals surface area contributed by atoms with E-state index in [0.29, 0.717) is 5.76 Å². The minimum absolute atomic E-state index is 0.0325. The first-order valence-electron chi connectivity index (χ1n) is 6.34. The molecule has 1 amide bonds. The van der Waals surface area contributed by atoms with Crippen LogP contribution in [-0.4, -0.2) is 28.9 Å². The van der Waals surface area contributed by atoms with Gasteiger partial charge in [0.25, 0.3) is 5.91 Å². The Morgan fingerprint density at radius 1 is 1.35 bits per heavy atom. The largest absolute Gasteiger partial charge is 0.438 e. The molecule has 0 spiro atoms. The van der Waals surface area contributed by atoms with Crippen LogP contribution in [0.25, 0.3) is 0 Å². The van der Waals surface area contributed by atoms with Crippen molar-refractivity contribution >= 4 is 5.91 Å². The molecule has 1 rings (SSSR count). The second-order valence-corrected chi connectivity index (χ2v) is 4.51. The standard InChI is InChI=1S/C13H22N2O2/c1-5-7-15(8-6-2)13(16)12-11(10(3)4)14-9-17-12/h9-10H,5-8H2,1-4H3. The lowest BCUT2D eigenvalue weighted by molar-refractivity contribution is 0.0721. The molecule has 1 aromatic heterocycles. The average molecular weight is 238 g/mol. The monoisotopic (exact) mass is 238 g/mol. The number of carbonyl (C=O) groups is 1. The van der Waals surface area contributed by atoms with Crippen molar-refractivity contribution in [3.05, 3.63) is 17.8 Å². The Hall–Kier alpha value is -1.32. The quantitative estimate of drug-likeness (QED) is 0.765. The Balaban J connectivity index is 2.88. The fraction of sp³-hybridized carbons (Fsp3) is 0.692. The van der Waals surface area contributed by atoms with Gasteiger partial charge in [0.15, 0.2) is 6.39 Å². The highest BCUT2D eigenvalue weighted by Gasteiger charge is 2.23. The van der Waals surface area contributed by atoms with Gasteiger partial charge >= 0.3 is 0 Å². The first-order valence-corrected chi connectivity index (χ1v) is 6.34. The predicted molar refractivity (Wildman–Crippen MR) is 67.1 cm³/mol. The zero-order valence-electron chi connectivity index (χ0n) is 11.2. The smallest absolute Gasteiger partial charge is 0.291 e. The summed E-state index contributed by atoms with van der Waals surface area (Å²) in [4.78, 5) is 18.3. The Labute approximate surface area is 103 Å². The van der Waals surface area contributed by atoms with Gasteiger partial charge in [-0.15, -0.1) is 0 Å². The molecule has 0 aromatic carbocycles. The highest BCUT2D eigenvalue weighted by atomic mass is 16.3. The van der Waals surface area contributed by atoms with Gasteiger partial charge in [0.2, 0.25) is 5.76 Å². The van der Waals surface area contributed by atoms with Gasteiger partial charge in [-0.3, -0.25) is 4.79 Å². The van der Waals surface area contributed by atoms with Crippen molar-refractivity contribution in [2.75, 3.05) is 13.1 Å². The summed E-state index contributed by atoms with van der Waals surface area (Å²) in [6.45, 7) is 9.70. The van der Waals surface area contributed by atoms with E-state index in [1.807, 2.05) is 18.7 Å². The predicted octanol–water partition coefficient (Wildman–Crippen LogP) is 3.06. The number of oxazole rings is 1. The van der Waals surface area contributed by atoms with Crippen LogP contribution in [0, 0.1) is 0 Å². The summed E-state index contributed by atoms with van der Waals surface area (Å²) >= 11 is 0. The molecule has 0 atom stereocenters. The van der Waals surface area contributed by atoms with Crippen molar-refractivity contribution in [1.82, 2.24) is 9.88 Å². The number of hydrogen-bond acceptors (Lipinski definition) is 3. The van der Waals surface area contributed by atoms with E-state index in [4.69, 9.17) is 4.42 Å². The first-order chi connectivity index (χ1) is 8.11. The molecular weight excluding hydrogens is 216 g/mol. The lowest BCUT2D eigenvalue weighted by atomic mass is 10.1. The van der Waals surface area contributed by atoms with E-state index < -0.39 is 0 Å². The summed E-state index contributed by atoms with van der Waals surface area (Å²) in [7, 11) is 0. The molecule has 4 nitrogen and oxygen atoms in total. The molecule has 0 radical (unpaired) electrons. The topological polar surface area (TPSA) is 46.3 Å². The average Bonchev–Trinajstić information content (AvgIpc) is 2.76. The Morgan fingerprint density at radius 2 is 1.94 bits per heavy atom. The molecule has 0 unspecified atom stereocenters. The lowest BCUT2D eigenvalue weighted by Crippen LogP contribution is -2.32. The van der Waals surface area contributed by atoms with Crippen LogP contribution in [0.4, 0.5) is 0 Å². The van der Waals surface area contributed by atoms with E-state index in [9.17, 15) is 4.79 Å².